The zero-order valence-electron chi connectivity index (χ0n) is 16.4. The van der Waals surface area contributed by atoms with Crippen molar-refractivity contribution in [2.24, 2.45) is 5.92 Å². The molecule has 2 aromatic rings. The minimum absolute atomic E-state index is 0.00994. The fourth-order valence-electron chi connectivity index (χ4n) is 2.67. The van der Waals surface area contributed by atoms with Crippen molar-refractivity contribution < 1.29 is 14.3 Å². The SMILES string of the molecule is CCC(C)C(NC(=O)CSc1nnc(C)n1-c1ccccc1C)C(=O)OC. The summed E-state index contributed by atoms with van der Waals surface area (Å²) in [5.41, 5.74) is 2.07. The van der Waals surface area contributed by atoms with Gasteiger partial charge < -0.3 is 10.1 Å². The highest BCUT2D eigenvalue weighted by Gasteiger charge is 2.27. The second kappa shape index (κ2) is 9.55. The van der Waals surface area contributed by atoms with Gasteiger partial charge in [-0.3, -0.25) is 9.36 Å². The van der Waals surface area contributed by atoms with Gasteiger partial charge in [-0.25, -0.2) is 4.79 Å². The maximum Gasteiger partial charge on any atom is 0.328 e. The normalized spacial score (nSPS) is 13.1. The van der Waals surface area contributed by atoms with Gasteiger partial charge in [0.25, 0.3) is 0 Å². The second-order valence-electron chi connectivity index (χ2n) is 6.39. The fourth-order valence-corrected chi connectivity index (χ4v) is 3.47. The van der Waals surface area contributed by atoms with Crippen LogP contribution in [0.2, 0.25) is 0 Å². The van der Waals surface area contributed by atoms with E-state index in [4.69, 9.17) is 4.74 Å². The molecule has 2 atom stereocenters. The zero-order valence-corrected chi connectivity index (χ0v) is 17.2. The molecule has 0 fully saturated rings. The van der Waals surface area contributed by atoms with Crippen LogP contribution >= 0.6 is 11.8 Å². The van der Waals surface area contributed by atoms with Crippen molar-refractivity contribution in [2.45, 2.75) is 45.3 Å². The number of aromatic nitrogens is 3. The number of hydrogen-bond donors (Lipinski definition) is 1. The molecule has 1 N–H and O–H groups in total. The molecule has 8 heteroatoms. The number of hydrogen-bond acceptors (Lipinski definition) is 6. The summed E-state index contributed by atoms with van der Waals surface area (Å²) in [6, 6.07) is 7.29. The van der Waals surface area contributed by atoms with Crippen LogP contribution in [0.4, 0.5) is 0 Å². The largest absolute Gasteiger partial charge is 0.467 e. The van der Waals surface area contributed by atoms with Gasteiger partial charge in [-0.2, -0.15) is 0 Å². The minimum Gasteiger partial charge on any atom is -0.467 e. The maximum atomic E-state index is 12.4. The first kappa shape index (κ1) is 21.0. The van der Waals surface area contributed by atoms with Crippen LogP contribution in [0.1, 0.15) is 31.7 Å². The molecule has 7 nitrogen and oxygen atoms in total. The highest BCUT2D eigenvalue weighted by Crippen LogP contribution is 2.23. The molecular formula is C19H26N4O3S. The average molecular weight is 391 g/mol. The number of carbonyl (C=O) groups is 2. The summed E-state index contributed by atoms with van der Waals surface area (Å²) >= 11 is 1.29. The van der Waals surface area contributed by atoms with E-state index in [0.29, 0.717) is 5.16 Å². The van der Waals surface area contributed by atoms with E-state index in [9.17, 15) is 9.59 Å². The monoisotopic (exact) mass is 390 g/mol. The Morgan fingerprint density at radius 2 is 1.96 bits per heavy atom. The predicted molar refractivity (Wildman–Crippen MR) is 105 cm³/mol. The van der Waals surface area contributed by atoms with Crippen molar-refractivity contribution in [3.8, 4) is 5.69 Å². The number of ether oxygens (including phenoxy) is 1. The van der Waals surface area contributed by atoms with Crippen molar-refractivity contribution in [3.05, 3.63) is 35.7 Å². The Labute approximate surface area is 163 Å². The predicted octanol–water partition coefficient (Wildman–Crippen LogP) is 2.68. The van der Waals surface area contributed by atoms with Crippen molar-refractivity contribution in [3.63, 3.8) is 0 Å². The Morgan fingerprint density at radius 3 is 2.59 bits per heavy atom. The standard InChI is InChI=1S/C19H26N4O3S/c1-6-12(2)17(18(25)26-5)20-16(24)11-27-19-22-21-14(4)23(19)15-10-8-7-9-13(15)3/h7-10,12,17H,6,11H2,1-5H3,(H,20,24). The number of esters is 1. The molecule has 0 aliphatic rings. The molecule has 0 aliphatic carbocycles. The maximum absolute atomic E-state index is 12.4. The number of amides is 1. The third-order valence-electron chi connectivity index (χ3n) is 4.47. The van der Waals surface area contributed by atoms with Crippen LogP contribution in [0.25, 0.3) is 5.69 Å². The van der Waals surface area contributed by atoms with Gasteiger partial charge in [0.1, 0.15) is 11.9 Å². The quantitative estimate of drug-likeness (QED) is 0.551. The molecule has 0 saturated heterocycles. The van der Waals surface area contributed by atoms with Gasteiger partial charge in [0.05, 0.1) is 18.6 Å². The average Bonchev–Trinajstić information content (AvgIpc) is 3.04. The summed E-state index contributed by atoms with van der Waals surface area (Å²) in [5, 5.41) is 11.7. The van der Waals surface area contributed by atoms with Crippen LogP contribution in [0.15, 0.2) is 29.4 Å². The van der Waals surface area contributed by atoms with Gasteiger partial charge in [-0.1, -0.05) is 50.2 Å². The number of methoxy groups -OCH3 is 1. The van der Waals surface area contributed by atoms with Gasteiger partial charge in [0.2, 0.25) is 5.91 Å². The van der Waals surface area contributed by atoms with Crippen molar-refractivity contribution in [2.75, 3.05) is 12.9 Å². The molecule has 2 unspecified atom stereocenters. The van der Waals surface area contributed by atoms with Gasteiger partial charge >= 0.3 is 5.97 Å². The molecule has 1 aromatic carbocycles. The lowest BCUT2D eigenvalue weighted by Crippen LogP contribution is -2.46. The smallest absolute Gasteiger partial charge is 0.328 e. The summed E-state index contributed by atoms with van der Waals surface area (Å²) in [4.78, 5) is 24.3. The number of carbonyl (C=O) groups excluding carboxylic acids is 2. The Kier molecular flexibility index (Phi) is 7.41. The molecule has 1 aromatic heterocycles. The summed E-state index contributed by atoms with van der Waals surface area (Å²) in [5.74, 6) is 0.200. The number of nitrogens with zero attached hydrogens (tertiary/aromatic N) is 3. The third-order valence-corrected chi connectivity index (χ3v) is 5.40. The van der Waals surface area contributed by atoms with E-state index in [1.165, 1.54) is 18.9 Å². The highest BCUT2D eigenvalue weighted by atomic mass is 32.2. The van der Waals surface area contributed by atoms with Gasteiger partial charge in [-0.05, 0) is 31.4 Å². The number of para-hydroxylation sites is 1. The lowest BCUT2D eigenvalue weighted by Gasteiger charge is -2.21. The first-order valence-electron chi connectivity index (χ1n) is 8.87. The Balaban J connectivity index is 2.10. The molecule has 0 spiro atoms. The van der Waals surface area contributed by atoms with Crippen molar-refractivity contribution in [1.29, 1.82) is 0 Å². The molecule has 0 aliphatic heterocycles. The Morgan fingerprint density at radius 1 is 1.26 bits per heavy atom. The first-order chi connectivity index (χ1) is 12.9. The van der Waals surface area contributed by atoms with Gasteiger partial charge in [0, 0.05) is 0 Å². The molecule has 1 amide bonds. The summed E-state index contributed by atoms with van der Waals surface area (Å²) in [6.45, 7) is 7.77. The molecule has 0 bridgehead atoms. The minimum atomic E-state index is -0.649. The van der Waals surface area contributed by atoms with Gasteiger partial charge in [-0.15, -0.1) is 10.2 Å². The molecule has 146 valence electrons. The van der Waals surface area contributed by atoms with Crippen LogP contribution < -0.4 is 5.32 Å². The van der Waals surface area contributed by atoms with E-state index in [-0.39, 0.29) is 17.6 Å². The molecule has 2 rings (SSSR count). The van der Waals surface area contributed by atoms with E-state index in [0.717, 1.165) is 23.5 Å². The second-order valence-corrected chi connectivity index (χ2v) is 7.34. The lowest BCUT2D eigenvalue weighted by molar-refractivity contribution is -0.146. The number of nitrogens with one attached hydrogen (secondary N) is 1. The molecule has 0 saturated carbocycles. The summed E-state index contributed by atoms with van der Waals surface area (Å²) in [6.07, 6.45) is 0.758. The molecule has 0 radical (unpaired) electrons. The van der Waals surface area contributed by atoms with Crippen LogP contribution in [0, 0.1) is 19.8 Å². The topological polar surface area (TPSA) is 86.1 Å². The third kappa shape index (κ3) is 5.09. The molecule has 1 heterocycles. The van der Waals surface area contributed by atoms with E-state index >= 15 is 0 Å². The number of benzene rings is 1. The van der Waals surface area contributed by atoms with E-state index in [1.807, 2.05) is 56.5 Å². The van der Waals surface area contributed by atoms with E-state index in [1.54, 1.807) is 0 Å². The zero-order chi connectivity index (χ0) is 20.0. The number of aryl methyl sites for hydroxylation is 2. The summed E-state index contributed by atoms with van der Waals surface area (Å²) in [7, 11) is 1.33. The Bertz CT molecular complexity index is 806. The van der Waals surface area contributed by atoms with Crippen molar-refractivity contribution in [1.82, 2.24) is 20.1 Å². The van der Waals surface area contributed by atoms with Crippen LogP contribution in [-0.2, 0) is 14.3 Å². The number of rotatable bonds is 8. The van der Waals surface area contributed by atoms with Crippen LogP contribution in [-0.4, -0.2) is 45.5 Å². The lowest BCUT2D eigenvalue weighted by atomic mass is 9.99. The highest BCUT2D eigenvalue weighted by molar-refractivity contribution is 7.99. The first-order valence-corrected chi connectivity index (χ1v) is 9.85. The Hall–Kier alpha value is -2.35. The number of thioether (sulfide) groups is 1. The van der Waals surface area contributed by atoms with Gasteiger partial charge in [0.15, 0.2) is 5.16 Å². The van der Waals surface area contributed by atoms with Crippen molar-refractivity contribution >= 4 is 23.6 Å². The van der Waals surface area contributed by atoms with E-state index < -0.39 is 12.0 Å². The van der Waals surface area contributed by atoms with E-state index in [2.05, 4.69) is 15.5 Å². The molecule has 27 heavy (non-hydrogen) atoms. The van der Waals surface area contributed by atoms with Crippen LogP contribution in [0.5, 0.6) is 0 Å². The summed E-state index contributed by atoms with van der Waals surface area (Å²) < 4.78 is 6.74. The molecular weight excluding hydrogens is 364 g/mol. The van der Waals surface area contributed by atoms with Crippen LogP contribution in [0.3, 0.4) is 0 Å². The fraction of sp³-hybridized carbons (Fsp3) is 0.474.